The normalized spacial score (nSPS) is 19.0. The lowest BCUT2D eigenvalue weighted by molar-refractivity contribution is 0.0780. The molecule has 1 aliphatic heterocycles. The molecule has 28 heavy (non-hydrogen) atoms. The number of hydrogen-bond donors (Lipinski definition) is 1. The molecule has 0 aromatic heterocycles. The quantitative estimate of drug-likeness (QED) is 0.436. The molecule has 0 spiro atoms. The van der Waals surface area contributed by atoms with Gasteiger partial charge in [0.15, 0.2) is 5.78 Å². The van der Waals surface area contributed by atoms with Crippen molar-refractivity contribution in [3.63, 3.8) is 0 Å². The van der Waals surface area contributed by atoms with Crippen LogP contribution >= 0.6 is 23.4 Å². The fourth-order valence-corrected chi connectivity index (χ4v) is 4.95. The number of thioether (sulfide) groups is 1. The number of hydrogen-bond acceptors (Lipinski definition) is 5. The first kappa shape index (κ1) is 21.3. The van der Waals surface area contributed by atoms with Crippen LogP contribution in [0.4, 0.5) is 0 Å². The maximum Gasteiger partial charge on any atom is 0.192 e. The monoisotopic (exact) mass is 421 g/mol. The van der Waals surface area contributed by atoms with Crippen LogP contribution in [0, 0.1) is 5.92 Å². The molecule has 0 saturated heterocycles. The number of methoxy groups -OCH3 is 1. The molecule has 1 saturated carbocycles. The molecule has 6 heteroatoms. The fraction of sp³-hybridized carbons (Fsp3) is 0.500. The van der Waals surface area contributed by atoms with Crippen molar-refractivity contribution in [3.05, 3.63) is 51.0 Å². The second kappa shape index (κ2) is 8.93. The Morgan fingerprint density at radius 1 is 1.39 bits per heavy atom. The Morgan fingerprint density at radius 2 is 2.11 bits per heavy atom. The molecule has 2 aliphatic rings. The zero-order valence-electron chi connectivity index (χ0n) is 16.7. The van der Waals surface area contributed by atoms with Crippen LogP contribution in [-0.4, -0.2) is 35.0 Å². The Hall–Kier alpha value is -1.43. The molecule has 0 radical (unpaired) electrons. The number of benzene rings is 1. The number of ketones is 1. The van der Waals surface area contributed by atoms with E-state index in [1.807, 2.05) is 20.0 Å². The number of halogens is 1. The van der Waals surface area contributed by atoms with Gasteiger partial charge in [0.2, 0.25) is 0 Å². The predicted octanol–water partition coefficient (Wildman–Crippen LogP) is 5.61. The Morgan fingerprint density at radius 3 is 2.68 bits per heavy atom. The zero-order chi connectivity index (χ0) is 20.3. The molecule has 1 aromatic carbocycles. The third-order valence-corrected chi connectivity index (χ3v) is 7.26. The van der Waals surface area contributed by atoms with Crippen molar-refractivity contribution in [3.8, 4) is 5.75 Å². The summed E-state index contributed by atoms with van der Waals surface area (Å²) in [4.78, 5) is 16.0. The molecule has 152 valence electrons. The Balaban J connectivity index is 1.90. The molecular weight excluding hydrogens is 394 g/mol. The molecule has 1 N–H and O–H groups in total. The first-order valence-corrected chi connectivity index (χ1v) is 11.1. The minimum absolute atomic E-state index is 0.147. The maximum atomic E-state index is 13.0. The summed E-state index contributed by atoms with van der Waals surface area (Å²) in [7, 11) is 1.54. The van der Waals surface area contributed by atoms with Crippen molar-refractivity contribution in [2.24, 2.45) is 5.92 Å². The second-order valence-corrected chi connectivity index (χ2v) is 8.97. The molecule has 1 fully saturated rings. The molecule has 0 amide bonds. The van der Waals surface area contributed by atoms with Crippen LogP contribution in [0.5, 0.6) is 5.75 Å². The highest BCUT2D eigenvalue weighted by Crippen LogP contribution is 2.46. The van der Waals surface area contributed by atoms with Gasteiger partial charge in [-0.15, -0.1) is 0 Å². The molecular formula is C22H28ClNO3S. The summed E-state index contributed by atoms with van der Waals surface area (Å²) in [5.41, 5.74) is -0.407. The van der Waals surface area contributed by atoms with Crippen LogP contribution in [0.2, 0.25) is 5.02 Å². The van der Waals surface area contributed by atoms with Gasteiger partial charge in [-0.3, -0.25) is 4.79 Å². The molecule has 1 heterocycles. The highest BCUT2D eigenvalue weighted by Gasteiger charge is 2.35. The van der Waals surface area contributed by atoms with E-state index in [9.17, 15) is 9.90 Å². The van der Waals surface area contributed by atoms with E-state index >= 15 is 0 Å². The van der Waals surface area contributed by atoms with Crippen LogP contribution in [0.1, 0.15) is 56.3 Å². The summed E-state index contributed by atoms with van der Waals surface area (Å²) in [6, 6.07) is 5.05. The van der Waals surface area contributed by atoms with Crippen molar-refractivity contribution in [2.75, 3.05) is 13.7 Å². The highest BCUT2D eigenvalue weighted by atomic mass is 35.5. The van der Waals surface area contributed by atoms with E-state index in [-0.39, 0.29) is 5.78 Å². The minimum Gasteiger partial charge on any atom is -0.496 e. The lowest BCUT2D eigenvalue weighted by Gasteiger charge is -2.30. The zero-order valence-corrected chi connectivity index (χ0v) is 18.3. The van der Waals surface area contributed by atoms with Gasteiger partial charge in [-0.2, -0.15) is 0 Å². The third-order valence-electron chi connectivity index (χ3n) is 5.76. The number of carbonyl (C=O) groups is 1. The average Bonchev–Trinajstić information content (AvgIpc) is 3.07. The Bertz CT molecular complexity index is 797. The van der Waals surface area contributed by atoms with Gasteiger partial charge in [-0.1, -0.05) is 43.6 Å². The topological polar surface area (TPSA) is 49.8 Å². The average molecular weight is 422 g/mol. The van der Waals surface area contributed by atoms with Crippen molar-refractivity contribution in [1.82, 2.24) is 4.90 Å². The van der Waals surface area contributed by atoms with Gasteiger partial charge in [0, 0.05) is 28.7 Å². The van der Waals surface area contributed by atoms with Crippen molar-refractivity contribution >= 4 is 29.1 Å². The van der Waals surface area contributed by atoms with Crippen LogP contribution in [0.15, 0.2) is 40.4 Å². The largest absolute Gasteiger partial charge is 0.496 e. The lowest BCUT2D eigenvalue weighted by atomic mass is 9.85. The summed E-state index contributed by atoms with van der Waals surface area (Å²) in [5.74, 6) is 1.00. The van der Waals surface area contributed by atoms with Crippen molar-refractivity contribution in [2.45, 2.75) is 51.6 Å². The number of nitrogens with zero attached hydrogens (tertiary/aromatic N) is 1. The van der Waals surface area contributed by atoms with Gasteiger partial charge < -0.3 is 14.7 Å². The van der Waals surface area contributed by atoms with E-state index in [2.05, 4.69) is 4.90 Å². The smallest absolute Gasteiger partial charge is 0.192 e. The van der Waals surface area contributed by atoms with Gasteiger partial charge in [-0.05, 0) is 49.8 Å². The molecule has 1 aromatic rings. The molecule has 0 bridgehead atoms. The summed E-state index contributed by atoms with van der Waals surface area (Å²) in [5, 5.41) is 12.3. The van der Waals surface area contributed by atoms with Gasteiger partial charge in [0.25, 0.3) is 0 Å². The van der Waals surface area contributed by atoms with Crippen LogP contribution < -0.4 is 4.74 Å². The number of allylic oxidation sites excluding steroid dienone is 1. The third kappa shape index (κ3) is 4.42. The van der Waals surface area contributed by atoms with Crippen LogP contribution in [0.3, 0.4) is 0 Å². The van der Waals surface area contributed by atoms with E-state index in [4.69, 9.17) is 16.3 Å². The fourth-order valence-electron chi connectivity index (χ4n) is 3.49. The maximum absolute atomic E-state index is 13.0. The first-order chi connectivity index (χ1) is 13.4. The SMILES string of the molecule is CCC(O)(CC)C1=CN(CC2CCC2)/C(=C/C(=O)c2cc(Cl)ccc2OC)S1. The Labute approximate surface area is 176 Å². The summed E-state index contributed by atoms with van der Waals surface area (Å²) in [6.45, 7) is 4.86. The molecule has 4 nitrogen and oxygen atoms in total. The van der Waals surface area contributed by atoms with Crippen molar-refractivity contribution < 1.29 is 14.6 Å². The molecule has 1 aliphatic carbocycles. The number of ether oxygens (including phenoxy) is 1. The van der Waals surface area contributed by atoms with Crippen molar-refractivity contribution in [1.29, 1.82) is 0 Å². The second-order valence-electron chi connectivity index (χ2n) is 7.47. The first-order valence-electron chi connectivity index (χ1n) is 9.89. The van der Waals surface area contributed by atoms with Gasteiger partial charge in [0.1, 0.15) is 5.75 Å². The van der Waals surface area contributed by atoms with Crippen LogP contribution in [0.25, 0.3) is 0 Å². The predicted molar refractivity (Wildman–Crippen MR) is 116 cm³/mol. The van der Waals surface area contributed by atoms with E-state index < -0.39 is 5.60 Å². The van der Waals surface area contributed by atoms with Gasteiger partial charge in [-0.25, -0.2) is 0 Å². The summed E-state index contributed by atoms with van der Waals surface area (Å²) in [6.07, 6.45) is 8.68. The molecule has 3 rings (SSSR count). The van der Waals surface area contributed by atoms with Gasteiger partial charge >= 0.3 is 0 Å². The van der Waals surface area contributed by atoms with Gasteiger partial charge in [0.05, 0.1) is 23.3 Å². The number of rotatable bonds is 8. The van der Waals surface area contributed by atoms with E-state index in [0.717, 1.165) is 16.5 Å². The number of carbonyl (C=O) groups excluding carboxylic acids is 1. The number of aliphatic hydroxyl groups is 1. The molecule has 0 atom stereocenters. The van der Waals surface area contributed by atoms with E-state index in [1.165, 1.54) is 31.0 Å². The molecule has 0 unspecified atom stereocenters. The lowest BCUT2D eigenvalue weighted by Crippen LogP contribution is -2.28. The summed E-state index contributed by atoms with van der Waals surface area (Å²) >= 11 is 7.59. The van der Waals surface area contributed by atoms with E-state index in [0.29, 0.717) is 35.1 Å². The standard InChI is InChI=1S/C22H28ClNO3S/c1-4-22(26,5-2)20-14-24(13-15-7-6-8-15)21(28-20)12-18(25)17-11-16(23)9-10-19(17)27-3/h9-12,14-15,26H,4-8,13H2,1-3H3/b21-12-. The van der Waals surface area contributed by atoms with E-state index in [1.54, 1.807) is 31.4 Å². The Kier molecular flexibility index (Phi) is 6.79. The van der Waals surface area contributed by atoms with Crippen LogP contribution in [-0.2, 0) is 0 Å². The minimum atomic E-state index is -0.852. The highest BCUT2D eigenvalue weighted by molar-refractivity contribution is 8.07. The summed E-state index contributed by atoms with van der Waals surface area (Å²) < 4.78 is 5.33.